The van der Waals surface area contributed by atoms with Gasteiger partial charge in [-0.25, -0.2) is 0 Å². The Kier molecular flexibility index (Phi) is 3.13. The van der Waals surface area contributed by atoms with Gasteiger partial charge in [0.25, 0.3) is 5.69 Å². The number of aromatic nitrogens is 3. The molecule has 8 nitrogen and oxygen atoms in total. The van der Waals surface area contributed by atoms with E-state index in [1.807, 2.05) is 9.47 Å². The number of benzene rings is 1. The van der Waals surface area contributed by atoms with Crippen LogP contribution in [0.4, 0.5) is 11.4 Å². The molecule has 21 heavy (non-hydrogen) atoms. The maximum absolute atomic E-state index is 11.8. The first-order chi connectivity index (χ1) is 10.1. The Labute approximate surface area is 120 Å². The normalized spacial score (nSPS) is 13.9. The summed E-state index contributed by atoms with van der Waals surface area (Å²) in [4.78, 5) is 24.1. The van der Waals surface area contributed by atoms with E-state index in [1.165, 1.54) is 19.1 Å². The summed E-state index contributed by atoms with van der Waals surface area (Å²) < 4.78 is 1.95. The van der Waals surface area contributed by atoms with Crippen LogP contribution in [0.5, 0.6) is 0 Å². The van der Waals surface area contributed by atoms with E-state index in [0.717, 1.165) is 12.4 Å². The van der Waals surface area contributed by atoms with Crippen LogP contribution in [0, 0.1) is 10.1 Å². The van der Waals surface area contributed by atoms with Crippen molar-refractivity contribution < 1.29 is 9.72 Å². The SMILES string of the molecule is CC(=O)c1cc([N+](=O)[O-])ccc1N1CCn2cnnc2C1. The Morgan fingerprint density at radius 3 is 2.90 bits per heavy atom. The van der Waals surface area contributed by atoms with E-state index in [4.69, 9.17) is 0 Å². The smallest absolute Gasteiger partial charge is 0.270 e. The first-order valence-electron chi connectivity index (χ1n) is 6.47. The van der Waals surface area contributed by atoms with Crippen LogP contribution in [0.1, 0.15) is 23.1 Å². The fourth-order valence-corrected chi connectivity index (χ4v) is 2.47. The number of fused-ring (bicyclic) bond motifs is 1. The van der Waals surface area contributed by atoms with Crippen molar-refractivity contribution in [3.05, 3.63) is 46.0 Å². The van der Waals surface area contributed by atoms with Crippen LogP contribution in [0.15, 0.2) is 24.5 Å². The molecule has 0 saturated carbocycles. The number of nitrogens with zero attached hydrogens (tertiary/aromatic N) is 5. The van der Waals surface area contributed by atoms with Crippen LogP contribution in [0.2, 0.25) is 0 Å². The molecular formula is C13H13N5O3. The fourth-order valence-electron chi connectivity index (χ4n) is 2.47. The zero-order valence-corrected chi connectivity index (χ0v) is 11.4. The molecule has 0 amide bonds. The second kappa shape index (κ2) is 4.97. The van der Waals surface area contributed by atoms with E-state index >= 15 is 0 Å². The van der Waals surface area contributed by atoms with Crippen molar-refractivity contribution in [1.29, 1.82) is 0 Å². The van der Waals surface area contributed by atoms with Crippen molar-refractivity contribution in [2.75, 3.05) is 11.4 Å². The van der Waals surface area contributed by atoms with Crippen molar-refractivity contribution in [2.24, 2.45) is 0 Å². The lowest BCUT2D eigenvalue weighted by atomic mass is 10.1. The van der Waals surface area contributed by atoms with E-state index in [9.17, 15) is 14.9 Å². The number of Topliss-reactive ketones (excluding diaryl/α,β-unsaturated/α-hetero) is 1. The molecule has 0 unspecified atom stereocenters. The second-order valence-electron chi connectivity index (χ2n) is 4.88. The fraction of sp³-hybridized carbons (Fsp3) is 0.308. The number of ketones is 1. The Morgan fingerprint density at radius 2 is 2.19 bits per heavy atom. The quantitative estimate of drug-likeness (QED) is 0.481. The number of non-ortho nitro benzene ring substituents is 1. The van der Waals surface area contributed by atoms with Gasteiger partial charge in [-0.1, -0.05) is 0 Å². The number of hydrogen-bond donors (Lipinski definition) is 0. The zero-order valence-electron chi connectivity index (χ0n) is 11.4. The maximum Gasteiger partial charge on any atom is 0.270 e. The first-order valence-corrected chi connectivity index (χ1v) is 6.47. The highest BCUT2D eigenvalue weighted by molar-refractivity contribution is 6.00. The number of carbonyl (C=O) groups excluding carboxylic acids is 1. The molecule has 0 fully saturated rings. The standard InChI is InChI=1S/C13H13N5O3/c1-9(19)11-6-10(18(20)21)2-3-12(11)16-4-5-17-8-14-15-13(17)7-16/h2-3,6,8H,4-5,7H2,1H3. The van der Waals surface area contributed by atoms with E-state index < -0.39 is 4.92 Å². The largest absolute Gasteiger partial charge is 0.362 e. The molecule has 0 aliphatic carbocycles. The van der Waals surface area contributed by atoms with Gasteiger partial charge in [0.2, 0.25) is 0 Å². The third kappa shape index (κ3) is 2.35. The molecule has 2 aromatic rings. The van der Waals surface area contributed by atoms with Crippen molar-refractivity contribution in [2.45, 2.75) is 20.0 Å². The van der Waals surface area contributed by atoms with Crippen molar-refractivity contribution in [1.82, 2.24) is 14.8 Å². The van der Waals surface area contributed by atoms with Crippen molar-refractivity contribution in [3.63, 3.8) is 0 Å². The van der Waals surface area contributed by atoms with E-state index in [-0.39, 0.29) is 11.5 Å². The minimum Gasteiger partial charge on any atom is -0.362 e. The molecule has 0 bridgehead atoms. The monoisotopic (exact) mass is 287 g/mol. The first kappa shape index (κ1) is 13.2. The van der Waals surface area contributed by atoms with Gasteiger partial charge in [-0.05, 0) is 13.0 Å². The van der Waals surface area contributed by atoms with Gasteiger partial charge < -0.3 is 9.47 Å². The number of nitro groups is 1. The highest BCUT2D eigenvalue weighted by atomic mass is 16.6. The minimum atomic E-state index is -0.497. The molecular weight excluding hydrogens is 274 g/mol. The highest BCUT2D eigenvalue weighted by Crippen LogP contribution is 2.28. The van der Waals surface area contributed by atoms with Gasteiger partial charge in [-0.3, -0.25) is 14.9 Å². The number of hydrogen-bond acceptors (Lipinski definition) is 6. The topological polar surface area (TPSA) is 94.2 Å². The molecule has 8 heteroatoms. The Hall–Kier alpha value is -2.77. The molecule has 1 aromatic heterocycles. The highest BCUT2D eigenvalue weighted by Gasteiger charge is 2.22. The second-order valence-corrected chi connectivity index (χ2v) is 4.88. The summed E-state index contributed by atoms with van der Waals surface area (Å²) in [6, 6.07) is 4.37. The summed E-state index contributed by atoms with van der Waals surface area (Å²) in [5, 5.41) is 18.7. The van der Waals surface area contributed by atoms with E-state index in [1.54, 1.807) is 12.4 Å². The number of rotatable bonds is 3. The Balaban J connectivity index is 1.99. The van der Waals surface area contributed by atoms with Crippen LogP contribution in [-0.4, -0.2) is 32.0 Å². The van der Waals surface area contributed by atoms with Gasteiger partial charge in [0, 0.05) is 36.5 Å². The Morgan fingerprint density at radius 1 is 1.38 bits per heavy atom. The zero-order chi connectivity index (χ0) is 15.0. The van der Waals surface area contributed by atoms with Crippen LogP contribution in [0.3, 0.4) is 0 Å². The van der Waals surface area contributed by atoms with Crippen molar-refractivity contribution >= 4 is 17.2 Å². The number of nitro benzene ring substituents is 1. The van der Waals surface area contributed by atoms with Gasteiger partial charge in [0.1, 0.15) is 6.33 Å². The molecule has 2 heterocycles. The van der Waals surface area contributed by atoms with E-state index in [0.29, 0.717) is 24.3 Å². The molecule has 1 aliphatic rings. The number of carbonyl (C=O) groups is 1. The Bertz CT molecular complexity index is 724. The molecule has 0 atom stereocenters. The minimum absolute atomic E-state index is 0.0795. The molecule has 108 valence electrons. The molecule has 1 aliphatic heterocycles. The molecule has 0 N–H and O–H groups in total. The van der Waals surface area contributed by atoms with Crippen LogP contribution >= 0.6 is 0 Å². The predicted octanol–water partition coefficient (Wildman–Crippen LogP) is 1.41. The van der Waals surface area contributed by atoms with Crippen LogP contribution in [-0.2, 0) is 13.1 Å². The summed E-state index contributed by atoms with van der Waals surface area (Å²) >= 11 is 0. The lowest BCUT2D eigenvalue weighted by molar-refractivity contribution is -0.384. The van der Waals surface area contributed by atoms with Crippen LogP contribution in [0.25, 0.3) is 0 Å². The molecule has 3 rings (SSSR count). The summed E-state index contributed by atoms with van der Waals surface area (Å²) in [7, 11) is 0. The molecule has 0 spiro atoms. The third-order valence-electron chi connectivity index (χ3n) is 3.55. The summed E-state index contributed by atoms with van der Waals surface area (Å²) in [6.45, 7) is 3.35. The average molecular weight is 287 g/mol. The number of anilines is 1. The van der Waals surface area contributed by atoms with Gasteiger partial charge in [-0.15, -0.1) is 10.2 Å². The third-order valence-corrected chi connectivity index (χ3v) is 3.55. The van der Waals surface area contributed by atoms with Crippen LogP contribution < -0.4 is 4.90 Å². The molecule has 0 saturated heterocycles. The lowest BCUT2D eigenvalue weighted by Crippen LogP contribution is -2.34. The van der Waals surface area contributed by atoms with E-state index in [2.05, 4.69) is 10.2 Å². The van der Waals surface area contributed by atoms with Gasteiger partial charge in [0.15, 0.2) is 11.6 Å². The summed E-state index contributed by atoms with van der Waals surface area (Å²) in [6.07, 6.45) is 1.67. The van der Waals surface area contributed by atoms with Crippen molar-refractivity contribution in [3.8, 4) is 0 Å². The predicted molar refractivity (Wildman–Crippen MR) is 74.2 cm³/mol. The lowest BCUT2D eigenvalue weighted by Gasteiger charge is -2.30. The van der Waals surface area contributed by atoms with Gasteiger partial charge in [0.05, 0.1) is 11.5 Å². The maximum atomic E-state index is 11.8. The average Bonchev–Trinajstić information content (AvgIpc) is 2.93. The molecule has 1 aromatic carbocycles. The van der Waals surface area contributed by atoms with Gasteiger partial charge >= 0.3 is 0 Å². The molecule has 0 radical (unpaired) electrons. The summed E-state index contributed by atoms with van der Waals surface area (Å²) in [5.41, 5.74) is 0.976. The van der Waals surface area contributed by atoms with Gasteiger partial charge in [-0.2, -0.15) is 0 Å². The summed E-state index contributed by atoms with van der Waals surface area (Å²) in [5.74, 6) is 0.620.